The van der Waals surface area contributed by atoms with E-state index in [1.165, 1.54) is 12.1 Å². The lowest BCUT2D eigenvalue weighted by molar-refractivity contribution is -0.300. The number of carboxylic acids is 1. The number of nitrogens with zero attached hydrogens (tertiary/aromatic N) is 2. The average Bonchev–Trinajstić information content (AvgIpc) is 3.09. The number of benzene rings is 1. The van der Waals surface area contributed by atoms with Gasteiger partial charge in [0.25, 0.3) is 0 Å². The van der Waals surface area contributed by atoms with Crippen molar-refractivity contribution in [3.8, 4) is 22.4 Å². The fraction of sp³-hybridized carbons (Fsp3) is 0.429. The van der Waals surface area contributed by atoms with Crippen LogP contribution in [0.15, 0.2) is 48.7 Å². The molecule has 4 rings (SSSR count). The maximum atomic E-state index is 13.8. The molecule has 1 aromatic carbocycles. The van der Waals surface area contributed by atoms with Gasteiger partial charge in [0, 0.05) is 35.5 Å². The SMILES string of the molecule is CC(C)n1c(I)c(-c2ccccn2)c(-c2ccc(F)cc2)c1CCC1CC(CC(=O)O)OC(C)(C)O1. The quantitative estimate of drug-likeness (QED) is 0.284. The van der Waals surface area contributed by atoms with Crippen molar-refractivity contribution in [2.45, 2.75) is 77.4 Å². The minimum absolute atomic E-state index is 0.0474. The molecular weight excluding hydrogens is 574 g/mol. The zero-order valence-electron chi connectivity index (χ0n) is 21.0. The first-order valence-corrected chi connectivity index (χ1v) is 13.3. The minimum atomic E-state index is -0.877. The molecule has 1 aliphatic heterocycles. The van der Waals surface area contributed by atoms with Crippen molar-refractivity contribution in [1.82, 2.24) is 9.55 Å². The third kappa shape index (κ3) is 5.98. The number of aromatic nitrogens is 2. The number of carbonyl (C=O) groups is 1. The van der Waals surface area contributed by atoms with Crippen LogP contribution >= 0.6 is 22.6 Å². The Hall–Kier alpha value is -2.30. The third-order valence-corrected chi connectivity index (χ3v) is 7.41. The van der Waals surface area contributed by atoms with Crippen molar-refractivity contribution in [3.05, 3.63) is 63.9 Å². The summed E-state index contributed by atoms with van der Waals surface area (Å²) in [5, 5.41) is 9.29. The van der Waals surface area contributed by atoms with Crippen molar-refractivity contribution >= 4 is 28.6 Å². The summed E-state index contributed by atoms with van der Waals surface area (Å²) >= 11 is 2.39. The molecule has 0 saturated carbocycles. The molecule has 1 fully saturated rings. The molecule has 0 bridgehead atoms. The van der Waals surface area contributed by atoms with Crippen LogP contribution in [-0.2, 0) is 20.7 Å². The fourth-order valence-corrected chi connectivity index (χ4v) is 6.47. The molecule has 2 unspecified atom stereocenters. The molecule has 8 heteroatoms. The Kier molecular flexibility index (Phi) is 8.16. The van der Waals surface area contributed by atoms with Gasteiger partial charge in [-0.05, 0) is 93.0 Å². The van der Waals surface area contributed by atoms with Crippen LogP contribution in [0.4, 0.5) is 4.39 Å². The molecule has 192 valence electrons. The Labute approximate surface area is 225 Å². The summed E-state index contributed by atoms with van der Waals surface area (Å²) in [4.78, 5) is 16.0. The van der Waals surface area contributed by atoms with Gasteiger partial charge in [0.1, 0.15) is 5.82 Å². The average molecular weight is 606 g/mol. The van der Waals surface area contributed by atoms with Crippen LogP contribution in [0.1, 0.15) is 58.7 Å². The summed E-state index contributed by atoms with van der Waals surface area (Å²) in [5.41, 5.74) is 5.00. The molecule has 0 aliphatic carbocycles. The van der Waals surface area contributed by atoms with E-state index in [1.54, 1.807) is 6.20 Å². The second-order valence-corrected chi connectivity index (χ2v) is 10.9. The molecule has 2 aromatic heterocycles. The molecule has 1 N–H and O–H groups in total. The van der Waals surface area contributed by atoms with Gasteiger partial charge in [-0.1, -0.05) is 18.2 Å². The Balaban J connectivity index is 1.76. The molecule has 36 heavy (non-hydrogen) atoms. The first-order valence-electron chi connectivity index (χ1n) is 12.2. The standard InChI is InChI=1S/C28H32FIN2O4/c1-17(2)32-23(13-12-20-15-21(16-24(33)34)36-28(3,4)35-20)25(18-8-10-19(29)11-9-18)26(27(32)30)22-7-5-6-14-31-22/h5-11,14,17,20-21H,12-13,15-16H2,1-4H3,(H,33,34). The van der Waals surface area contributed by atoms with Crippen LogP contribution < -0.4 is 0 Å². The lowest BCUT2D eigenvalue weighted by atomic mass is 9.95. The van der Waals surface area contributed by atoms with Gasteiger partial charge in [0.05, 0.1) is 28.0 Å². The summed E-state index contributed by atoms with van der Waals surface area (Å²) in [6, 6.07) is 12.7. The fourth-order valence-electron chi connectivity index (χ4n) is 5.08. The van der Waals surface area contributed by atoms with E-state index < -0.39 is 17.9 Å². The number of pyridine rings is 1. The lowest BCUT2D eigenvalue weighted by Gasteiger charge is -2.40. The smallest absolute Gasteiger partial charge is 0.305 e. The van der Waals surface area contributed by atoms with Gasteiger partial charge >= 0.3 is 5.97 Å². The monoisotopic (exact) mass is 606 g/mol. The van der Waals surface area contributed by atoms with Gasteiger partial charge in [-0.3, -0.25) is 9.78 Å². The Morgan fingerprint density at radius 2 is 1.86 bits per heavy atom. The molecule has 0 amide bonds. The van der Waals surface area contributed by atoms with E-state index in [4.69, 9.17) is 9.47 Å². The minimum Gasteiger partial charge on any atom is -0.481 e. The highest BCUT2D eigenvalue weighted by atomic mass is 127. The van der Waals surface area contributed by atoms with E-state index in [0.717, 1.165) is 31.8 Å². The molecular formula is C28H32FIN2O4. The van der Waals surface area contributed by atoms with Gasteiger partial charge in [-0.15, -0.1) is 0 Å². The number of aliphatic carboxylic acids is 1. The predicted octanol–water partition coefficient (Wildman–Crippen LogP) is 6.86. The highest BCUT2D eigenvalue weighted by molar-refractivity contribution is 14.1. The zero-order valence-corrected chi connectivity index (χ0v) is 23.2. The van der Waals surface area contributed by atoms with Crippen LogP contribution in [0.25, 0.3) is 22.4 Å². The van der Waals surface area contributed by atoms with Gasteiger partial charge in [-0.2, -0.15) is 0 Å². The van der Waals surface area contributed by atoms with E-state index in [0.29, 0.717) is 19.3 Å². The summed E-state index contributed by atoms with van der Waals surface area (Å²) in [6.07, 6.45) is 3.12. The number of halogens is 2. The highest BCUT2D eigenvalue weighted by Crippen LogP contribution is 2.42. The van der Waals surface area contributed by atoms with Crippen molar-refractivity contribution in [3.63, 3.8) is 0 Å². The molecule has 2 atom stereocenters. The highest BCUT2D eigenvalue weighted by Gasteiger charge is 2.37. The molecule has 0 spiro atoms. The van der Waals surface area contributed by atoms with Crippen molar-refractivity contribution < 1.29 is 23.8 Å². The zero-order chi connectivity index (χ0) is 26.0. The Morgan fingerprint density at radius 3 is 2.47 bits per heavy atom. The summed E-state index contributed by atoms with van der Waals surface area (Å²) in [6.45, 7) is 7.96. The molecule has 3 heterocycles. The third-order valence-electron chi connectivity index (χ3n) is 6.35. The number of carboxylic acid groups (broad SMARTS) is 1. The molecule has 0 radical (unpaired) electrons. The van der Waals surface area contributed by atoms with E-state index >= 15 is 0 Å². The van der Waals surface area contributed by atoms with Crippen molar-refractivity contribution in [2.24, 2.45) is 0 Å². The maximum Gasteiger partial charge on any atom is 0.305 e. The first-order chi connectivity index (χ1) is 17.1. The topological polar surface area (TPSA) is 73.6 Å². The van der Waals surface area contributed by atoms with Crippen LogP contribution in [0, 0.1) is 9.52 Å². The molecule has 1 saturated heterocycles. The summed E-state index contributed by atoms with van der Waals surface area (Å²) in [5.74, 6) is -2.01. The second kappa shape index (κ2) is 11.0. The largest absolute Gasteiger partial charge is 0.481 e. The number of hydrogen-bond donors (Lipinski definition) is 1. The Bertz CT molecular complexity index is 1210. The van der Waals surface area contributed by atoms with Gasteiger partial charge in [0.15, 0.2) is 5.79 Å². The first kappa shape index (κ1) is 26.8. The van der Waals surface area contributed by atoms with E-state index in [1.807, 2.05) is 44.2 Å². The summed E-state index contributed by atoms with van der Waals surface area (Å²) in [7, 11) is 0. The van der Waals surface area contributed by atoms with Crippen LogP contribution in [-0.4, -0.2) is 38.6 Å². The van der Waals surface area contributed by atoms with Gasteiger partial charge < -0.3 is 19.1 Å². The number of hydrogen-bond acceptors (Lipinski definition) is 4. The molecule has 6 nitrogen and oxygen atoms in total. The normalized spacial score (nSPS) is 19.5. The second-order valence-electron chi connectivity index (χ2n) is 9.92. The van der Waals surface area contributed by atoms with Gasteiger partial charge in [0.2, 0.25) is 0 Å². The lowest BCUT2D eigenvalue weighted by Crippen LogP contribution is -2.45. The van der Waals surface area contributed by atoms with Crippen LogP contribution in [0.2, 0.25) is 0 Å². The summed E-state index contributed by atoms with van der Waals surface area (Å²) < 4.78 is 29.3. The van der Waals surface area contributed by atoms with Crippen LogP contribution in [0.5, 0.6) is 0 Å². The molecule has 3 aromatic rings. The van der Waals surface area contributed by atoms with E-state index in [9.17, 15) is 14.3 Å². The van der Waals surface area contributed by atoms with Crippen LogP contribution in [0.3, 0.4) is 0 Å². The predicted molar refractivity (Wildman–Crippen MR) is 145 cm³/mol. The number of ether oxygens (including phenoxy) is 2. The number of rotatable bonds is 8. The Morgan fingerprint density at radius 1 is 1.17 bits per heavy atom. The maximum absolute atomic E-state index is 13.8. The van der Waals surface area contributed by atoms with Gasteiger partial charge in [-0.25, -0.2) is 4.39 Å². The van der Waals surface area contributed by atoms with E-state index in [-0.39, 0.29) is 24.4 Å². The van der Waals surface area contributed by atoms with Crippen molar-refractivity contribution in [2.75, 3.05) is 0 Å². The van der Waals surface area contributed by atoms with E-state index in [2.05, 4.69) is 46.0 Å². The van der Waals surface area contributed by atoms with Crippen molar-refractivity contribution in [1.29, 1.82) is 0 Å². The molecule has 1 aliphatic rings.